The summed E-state index contributed by atoms with van der Waals surface area (Å²) in [5.74, 6) is -1.17. The highest BCUT2D eigenvalue weighted by molar-refractivity contribution is 6.31. The van der Waals surface area contributed by atoms with E-state index in [-0.39, 0.29) is 11.5 Å². The van der Waals surface area contributed by atoms with Crippen molar-refractivity contribution in [2.75, 3.05) is 5.32 Å². The number of carboxylic acid groups (broad SMARTS) is 1. The van der Waals surface area contributed by atoms with Gasteiger partial charge in [0.1, 0.15) is 0 Å². The van der Waals surface area contributed by atoms with Crippen LogP contribution in [0.1, 0.15) is 33.5 Å². The van der Waals surface area contributed by atoms with Crippen LogP contribution in [0.25, 0.3) is 0 Å². The van der Waals surface area contributed by atoms with Crippen molar-refractivity contribution in [1.29, 1.82) is 0 Å². The molecule has 2 aromatic carbocycles. The largest absolute Gasteiger partial charge is 0.478 e. The molecule has 0 aliphatic heterocycles. The van der Waals surface area contributed by atoms with E-state index in [2.05, 4.69) is 5.32 Å². The van der Waals surface area contributed by atoms with Crippen molar-refractivity contribution < 1.29 is 14.7 Å². The molecule has 0 saturated carbocycles. The van der Waals surface area contributed by atoms with Gasteiger partial charge in [0.25, 0.3) is 0 Å². The van der Waals surface area contributed by atoms with E-state index in [1.165, 1.54) is 6.07 Å². The fourth-order valence-electron chi connectivity index (χ4n) is 2.27. The van der Waals surface area contributed by atoms with E-state index in [1.807, 2.05) is 25.1 Å². The summed E-state index contributed by atoms with van der Waals surface area (Å²) in [5.41, 5.74) is 3.25. The smallest absolute Gasteiger partial charge is 0.336 e. The van der Waals surface area contributed by atoms with E-state index < -0.39 is 5.97 Å². The minimum absolute atomic E-state index is 0.160. The second-order valence-electron chi connectivity index (χ2n) is 5.41. The summed E-state index contributed by atoms with van der Waals surface area (Å²) in [6, 6.07) is 10.6. The highest BCUT2D eigenvalue weighted by Crippen LogP contribution is 2.20. The topological polar surface area (TPSA) is 66.4 Å². The van der Waals surface area contributed by atoms with Crippen LogP contribution in [0.3, 0.4) is 0 Å². The number of benzene rings is 2. The van der Waals surface area contributed by atoms with E-state index in [0.29, 0.717) is 29.1 Å². The monoisotopic (exact) mass is 331 g/mol. The van der Waals surface area contributed by atoms with E-state index in [1.54, 1.807) is 19.1 Å². The maximum Gasteiger partial charge on any atom is 0.336 e. The standard InChI is InChI=1S/C18H18ClNO3/c1-11-6-7-13(10-15(11)19)8-9-17(21)20-16-5-3-4-14(12(16)2)18(22)23/h3-7,10H,8-9H2,1-2H3,(H,20,21)(H,22,23). The average molecular weight is 332 g/mol. The number of hydrogen-bond acceptors (Lipinski definition) is 2. The van der Waals surface area contributed by atoms with Gasteiger partial charge in [-0.3, -0.25) is 4.79 Å². The van der Waals surface area contributed by atoms with Gasteiger partial charge in [-0.1, -0.05) is 29.8 Å². The molecule has 23 heavy (non-hydrogen) atoms. The predicted octanol–water partition coefficient (Wildman–Crippen LogP) is 4.23. The first-order valence-electron chi connectivity index (χ1n) is 7.26. The molecule has 1 amide bonds. The minimum Gasteiger partial charge on any atom is -0.478 e. The van der Waals surface area contributed by atoms with Gasteiger partial charge in [0.2, 0.25) is 5.91 Å². The van der Waals surface area contributed by atoms with E-state index in [9.17, 15) is 9.59 Å². The quantitative estimate of drug-likeness (QED) is 0.861. The van der Waals surface area contributed by atoms with Crippen molar-refractivity contribution in [1.82, 2.24) is 0 Å². The molecule has 2 aromatic rings. The fraction of sp³-hybridized carbons (Fsp3) is 0.222. The normalized spacial score (nSPS) is 10.4. The Morgan fingerprint density at radius 2 is 1.91 bits per heavy atom. The van der Waals surface area contributed by atoms with E-state index in [4.69, 9.17) is 16.7 Å². The number of halogens is 1. The Bertz CT molecular complexity index is 756. The van der Waals surface area contributed by atoms with Crippen LogP contribution in [-0.4, -0.2) is 17.0 Å². The second kappa shape index (κ2) is 7.29. The van der Waals surface area contributed by atoms with Crippen LogP contribution in [0.5, 0.6) is 0 Å². The van der Waals surface area contributed by atoms with Gasteiger partial charge in [-0.2, -0.15) is 0 Å². The summed E-state index contributed by atoms with van der Waals surface area (Å²) >= 11 is 6.07. The maximum absolute atomic E-state index is 12.1. The Hall–Kier alpha value is -2.33. The SMILES string of the molecule is Cc1ccc(CCC(=O)Nc2cccc(C(=O)O)c2C)cc1Cl. The number of carboxylic acids is 1. The summed E-state index contributed by atoms with van der Waals surface area (Å²) in [5, 5.41) is 12.6. The lowest BCUT2D eigenvalue weighted by Gasteiger charge is -2.10. The predicted molar refractivity (Wildman–Crippen MR) is 91.3 cm³/mol. The van der Waals surface area contributed by atoms with Crippen molar-refractivity contribution in [2.45, 2.75) is 26.7 Å². The number of carbonyl (C=O) groups excluding carboxylic acids is 1. The molecular formula is C18H18ClNO3. The highest BCUT2D eigenvalue weighted by atomic mass is 35.5. The lowest BCUT2D eigenvalue weighted by Crippen LogP contribution is -2.14. The zero-order chi connectivity index (χ0) is 17.0. The van der Waals surface area contributed by atoms with Gasteiger partial charge in [0, 0.05) is 17.1 Å². The molecule has 0 radical (unpaired) electrons. The number of aromatic carboxylic acids is 1. The van der Waals surface area contributed by atoms with Crippen LogP contribution < -0.4 is 5.32 Å². The molecule has 4 nitrogen and oxygen atoms in total. The molecule has 0 saturated heterocycles. The van der Waals surface area contributed by atoms with Gasteiger partial charge < -0.3 is 10.4 Å². The van der Waals surface area contributed by atoms with Crippen LogP contribution in [0.15, 0.2) is 36.4 Å². The molecule has 0 heterocycles. The molecule has 0 aliphatic carbocycles. The molecule has 120 valence electrons. The Morgan fingerprint density at radius 3 is 2.57 bits per heavy atom. The first-order chi connectivity index (χ1) is 10.9. The number of carbonyl (C=O) groups is 2. The van der Waals surface area contributed by atoms with E-state index >= 15 is 0 Å². The lowest BCUT2D eigenvalue weighted by atomic mass is 10.1. The van der Waals surface area contributed by atoms with Gasteiger partial charge in [-0.25, -0.2) is 4.79 Å². The number of rotatable bonds is 5. The third kappa shape index (κ3) is 4.33. The summed E-state index contributed by atoms with van der Waals surface area (Å²) < 4.78 is 0. The third-order valence-corrected chi connectivity index (χ3v) is 4.12. The van der Waals surface area contributed by atoms with Crippen LogP contribution in [0.4, 0.5) is 5.69 Å². The van der Waals surface area contributed by atoms with Crippen molar-refractivity contribution in [3.63, 3.8) is 0 Å². The molecule has 0 aliphatic rings. The first-order valence-corrected chi connectivity index (χ1v) is 7.64. The molecule has 0 aromatic heterocycles. The molecule has 0 spiro atoms. The maximum atomic E-state index is 12.1. The fourth-order valence-corrected chi connectivity index (χ4v) is 2.47. The Morgan fingerprint density at radius 1 is 1.17 bits per heavy atom. The van der Waals surface area contributed by atoms with Gasteiger partial charge in [-0.05, 0) is 55.2 Å². The van der Waals surface area contributed by atoms with Gasteiger partial charge in [-0.15, -0.1) is 0 Å². The summed E-state index contributed by atoms with van der Waals surface area (Å²) in [4.78, 5) is 23.2. The summed E-state index contributed by atoms with van der Waals surface area (Å²) in [6.07, 6.45) is 0.875. The van der Waals surface area contributed by atoms with Gasteiger partial charge in [0.05, 0.1) is 5.56 Å². The summed E-state index contributed by atoms with van der Waals surface area (Å²) in [6.45, 7) is 3.61. The second-order valence-corrected chi connectivity index (χ2v) is 5.82. The molecule has 0 bridgehead atoms. The van der Waals surface area contributed by atoms with Crippen molar-refractivity contribution in [3.8, 4) is 0 Å². The zero-order valence-corrected chi connectivity index (χ0v) is 13.8. The van der Waals surface area contributed by atoms with Crippen LogP contribution >= 0.6 is 11.6 Å². The van der Waals surface area contributed by atoms with Gasteiger partial charge >= 0.3 is 5.97 Å². The molecule has 0 fully saturated rings. The van der Waals surface area contributed by atoms with Crippen molar-refractivity contribution >= 4 is 29.2 Å². The van der Waals surface area contributed by atoms with Crippen LogP contribution in [0.2, 0.25) is 5.02 Å². The number of anilines is 1. The number of amides is 1. The summed E-state index contributed by atoms with van der Waals surface area (Å²) in [7, 11) is 0. The highest BCUT2D eigenvalue weighted by Gasteiger charge is 2.12. The number of hydrogen-bond donors (Lipinski definition) is 2. The Labute approximate surface area is 140 Å². The molecule has 0 atom stereocenters. The van der Waals surface area contributed by atoms with E-state index in [0.717, 1.165) is 11.1 Å². The van der Waals surface area contributed by atoms with Crippen LogP contribution in [0, 0.1) is 13.8 Å². The third-order valence-electron chi connectivity index (χ3n) is 3.72. The first kappa shape index (κ1) is 17.0. The molecule has 2 N–H and O–H groups in total. The molecular weight excluding hydrogens is 314 g/mol. The number of aryl methyl sites for hydroxylation is 2. The Balaban J connectivity index is 2.01. The molecule has 5 heteroatoms. The van der Waals surface area contributed by atoms with Crippen molar-refractivity contribution in [2.24, 2.45) is 0 Å². The van der Waals surface area contributed by atoms with Crippen molar-refractivity contribution in [3.05, 3.63) is 63.7 Å². The Kier molecular flexibility index (Phi) is 5.40. The minimum atomic E-state index is -1.01. The van der Waals surface area contributed by atoms with Crippen LogP contribution in [-0.2, 0) is 11.2 Å². The molecule has 0 unspecified atom stereocenters. The zero-order valence-electron chi connectivity index (χ0n) is 13.0. The molecule has 2 rings (SSSR count). The van der Waals surface area contributed by atoms with Gasteiger partial charge in [0.15, 0.2) is 0 Å². The average Bonchev–Trinajstić information content (AvgIpc) is 2.50. The lowest BCUT2D eigenvalue weighted by molar-refractivity contribution is -0.116. The number of nitrogens with one attached hydrogen (secondary N) is 1.